The summed E-state index contributed by atoms with van der Waals surface area (Å²) in [5.41, 5.74) is 3.36. The second kappa shape index (κ2) is 4.75. The van der Waals surface area contributed by atoms with E-state index in [-0.39, 0.29) is 16.9 Å². The van der Waals surface area contributed by atoms with Crippen molar-refractivity contribution in [3.63, 3.8) is 0 Å². The van der Waals surface area contributed by atoms with Crippen LogP contribution in [0.3, 0.4) is 0 Å². The van der Waals surface area contributed by atoms with Crippen LogP contribution in [0.1, 0.15) is 30.9 Å². The van der Waals surface area contributed by atoms with Gasteiger partial charge in [-0.05, 0) is 59.0 Å². The number of nitrogens with two attached hydrogens (primary N) is 1. The third-order valence-corrected chi connectivity index (χ3v) is 5.59. The standard InChI is InChI=1S/C13H15BrClFN2/c14-10-2-1-9(12(16)11(10)15)13(18-17)8-4-6-3-7(6)5-8/h1-2,6-8,13,18H,3-5,17H2. The van der Waals surface area contributed by atoms with Crippen molar-refractivity contribution in [3.05, 3.63) is 33.0 Å². The summed E-state index contributed by atoms with van der Waals surface area (Å²) in [6.07, 6.45) is 3.64. The van der Waals surface area contributed by atoms with E-state index in [4.69, 9.17) is 17.4 Å². The maximum absolute atomic E-state index is 14.2. The topological polar surface area (TPSA) is 38.0 Å². The zero-order valence-corrected chi connectivity index (χ0v) is 12.1. The smallest absolute Gasteiger partial charge is 0.147 e. The Hall–Kier alpha value is -0.160. The molecule has 0 aliphatic heterocycles. The third kappa shape index (κ3) is 2.09. The summed E-state index contributed by atoms with van der Waals surface area (Å²) >= 11 is 9.17. The second-order valence-corrected chi connectivity index (χ2v) is 6.63. The third-order valence-electron chi connectivity index (χ3n) is 4.33. The van der Waals surface area contributed by atoms with Crippen LogP contribution in [0.4, 0.5) is 4.39 Å². The summed E-state index contributed by atoms with van der Waals surface area (Å²) in [5, 5.41) is 0.135. The van der Waals surface area contributed by atoms with Gasteiger partial charge < -0.3 is 0 Å². The van der Waals surface area contributed by atoms with Crippen molar-refractivity contribution in [1.29, 1.82) is 0 Å². The van der Waals surface area contributed by atoms with Crippen molar-refractivity contribution in [2.24, 2.45) is 23.6 Å². The molecule has 0 spiro atoms. The molecule has 98 valence electrons. The number of benzene rings is 1. The Labute approximate surface area is 119 Å². The van der Waals surface area contributed by atoms with E-state index >= 15 is 0 Å². The predicted molar refractivity (Wildman–Crippen MR) is 73.5 cm³/mol. The van der Waals surface area contributed by atoms with Crippen LogP contribution in [0.25, 0.3) is 0 Å². The van der Waals surface area contributed by atoms with Crippen LogP contribution in [0, 0.1) is 23.6 Å². The highest BCUT2D eigenvalue weighted by atomic mass is 79.9. The van der Waals surface area contributed by atoms with Gasteiger partial charge in [0.2, 0.25) is 0 Å². The van der Waals surface area contributed by atoms with Crippen LogP contribution < -0.4 is 11.3 Å². The van der Waals surface area contributed by atoms with Crippen molar-refractivity contribution in [2.45, 2.75) is 25.3 Å². The van der Waals surface area contributed by atoms with E-state index in [0.29, 0.717) is 16.0 Å². The highest BCUT2D eigenvalue weighted by Gasteiger charge is 2.48. The van der Waals surface area contributed by atoms with Crippen LogP contribution in [0.2, 0.25) is 5.02 Å². The lowest BCUT2D eigenvalue weighted by Crippen LogP contribution is -2.33. The Morgan fingerprint density at radius 2 is 2.00 bits per heavy atom. The summed E-state index contributed by atoms with van der Waals surface area (Å²) in [4.78, 5) is 0. The van der Waals surface area contributed by atoms with Crippen LogP contribution in [-0.2, 0) is 0 Å². The molecular formula is C13H15BrClFN2. The summed E-state index contributed by atoms with van der Waals surface area (Å²) in [6.45, 7) is 0. The van der Waals surface area contributed by atoms with Gasteiger partial charge in [-0.1, -0.05) is 17.7 Å². The van der Waals surface area contributed by atoms with E-state index in [9.17, 15) is 4.39 Å². The molecule has 0 amide bonds. The molecule has 2 aliphatic rings. The van der Waals surface area contributed by atoms with Gasteiger partial charge in [-0.2, -0.15) is 0 Å². The Balaban J connectivity index is 1.89. The number of nitrogens with one attached hydrogen (secondary N) is 1. The number of rotatable bonds is 3. The van der Waals surface area contributed by atoms with E-state index in [2.05, 4.69) is 21.4 Å². The number of hydrazine groups is 1. The number of hydrogen-bond donors (Lipinski definition) is 2. The normalized spacial score (nSPS) is 31.2. The van der Waals surface area contributed by atoms with Crippen LogP contribution in [0.5, 0.6) is 0 Å². The highest BCUT2D eigenvalue weighted by molar-refractivity contribution is 9.10. The maximum Gasteiger partial charge on any atom is 0.147 e. The Morgan fingerprint density at radius 3 is 2.61 bits per heavy atom. The summed E-state index contributed by atoms with van der Waals surface area (Å²) in [7, 11) is 0. The molecule has 2 nitrogen and oxygen atoms in total. The van der Waals surface area contributed by atoms with Crippen molar-refractivity contribution in [2.75, 3.05) is 0 Å². The Kier molecular flexibility index (Phi) is 3.39. The van der Waals surface area contributed by atoms with Gasteiger partial charge in [0.05, 0.1) is 11.1 Å². The van der Waals surface area contributed by atoms with E-state index in [0.717, 1.165) is 24.7 Å². The van der Waals surface area contributed by atoms with Gasteiger partial charge in [-0.15, -0.1) is 0 Å². The van der Waals surface area contributed by atoms with E-state index in [1.807, 2.05) is 0 Å². The molecule has 0 radical (unpaired) electrons. The molecule has 3 N–H and O–H groups in total. The molecule has 2 fully saturated rings. The van der Waals surface area contributed by atoms with Gasteiger partial charge >= 0.3 is 0 Å². The van der Waals surface area contributed by atoms with Gasteiger partial charge in [0.25, 0.3) is 0 Å². The molecule has 0 bridgehead atoms. The minimum absolute atomic E-state index is 0.135. The average molecular weight is 334 g/mol. The molecule has 0 heterocycles. The lowest BCUT2D eigenvalue weighted by atomic mass is 9.89. The fourth-order valence-corrected chi connectivity index (χ4v) is 3.77. The summed E-state index contributed by atoms with van der Waals surface area (Å²) < 4.78 is 14.8. The van der Waals surface area contributed by atoms with E-state index < -0.39 is 0 Å². The quantitative estimate of drug-likeness (QED) is 0.502. The van der Waals surface area contributed by atoms with E-state index in [1.165, 1.54) is 6.42 Å². The first-order chi connectivity index (χ1) is 8.61. The SMILES string of the molecule is NNC(c1ccc(Br)c(Cl)c1F)C1CC2CC2C1. The molecule has 1 aromatic carbocycles. The summed E-state index contributed by atoms with van der Waals surface area (Å²) in [5.74, 6) is 7.38. The minimum atomic E-state index is -0.366. The second-order valence-electron chi connectivity index (χ2n) is 5.40. The van der Waals surface area contributed by atoms with Gasteiger partial charge in [0.15, 0.2) is 0 Å². The first-order valence-electron chi connectivity index (χ1n) is 6.21. The zero-order valence-electron chi connectivity index (χ0n) is 9.80. The van der Waals surface area contributed by atoms with E-state index in [1.54, 1.807) is 12.1 Å². The van der Waals surface area contributed by atoms with Crippen LogP contribution in [-0.4, -0.2) is 0 Å². The molecule has 3 unspecified atom stereocenters. The largest absolute Gasteiger partial charge is 0.271 e. The zero-order chi connectivity index (χ0) is 12.9. The fraction of sp³-hybridized carbons (Fsp3) is 0.538. The molecule has 3 atom stereocenters. The fourth-order valence-electron chi connectivity index (χ4n) is 3.29. The first kappa shape index (κ1) is 12.9. The first-order valence-corrected chi connectivity index (χ1v) is 7.38. The average Bonchev–Trinajstić information content (AvgIpc) is 2.97. The molecule has 3 rings (SSSR count). The van der Waals surface area contributed by atoms with Gasteiger partial charge in [0.1, 0.15) is 5.82 Å². The molecular weight excluding hydrogens is 319 g/mol. The minimum Gasteiger partial charge on any atom is -0.271 e. The number of halogens is 3. The van der Waals surface area contributed by atoms with Gasteiger partial charge in [-0.3, -0.25) is 11.3 Å². The van der Waals surface area contributed by atoms with Crippen molar-refractivity contribution in [3.8, 4) is 0 Å². The number of fused-ring (bicyclic) bond motifs is 1. The molecule has 0 aromatic heterocycles. The van der Waals surface area contributed by atoms with Crippen molar-refractivity contribution < 1.29 is 4.39 Å². The maximum atomic E-state index is 14.2. The summed E-state index contributed by atoms with van der Waals surface area (Å²) in [6, 6.07) is 3.41. The van der Waals surface area contributed by atoms with Gasteiger partial charge in [0, 0.05) is 10.0 Å². The molecule has 18 heavy (non-hydrogen) atoms. The Morgan fingerprint density at radius 1 is 1.33 bits per heavy atom. The lowest BCUT2D eigenvalue weighted by molar-refractivity contribution is 0.337. The van der Waals surface area contributed by atoms with Gasteiger partial charge in [-0.25, -0.2) is 4.39 Å². The monoisotopic (exact) mass is 332 g/mol. The molecule has 1 aromatic rings. The lowest BCUT2D eigenvalue weighted by Gasteiger charge is -2.25. The molecule has 0 saturated heterocycles. The Bertz CT molecular complexity index is 472. The van der Waals surface area contributed by atoms with Crippen molar-refractivity contribution in [1.82, 2.24) is 5.43 Å². The predicted octanol–water partition coefficient (Wildman–Crippen LogP) is 3.79. The molecule has 2 saturated carbocycles. The van der Waals surface area contributed by atoms with Crippen LogP contribution in [0.15, 0.2) is 16.6 Å². The highest BCUT2D eigenvalue weighted by Crippen LogP contribution is 2.57. The van der Waals surface area contributed by atoms with Crippen LogP contribution >= 0.6 is 27.5 Å². The number of hydrogen-bond acceptors (Lipinski definition) is 2. The van der Waals surface area contributed by atoms with Crippen molar-refractivity contribution >= 4 is 27.5 Å². The molecule has 5 heteroatoms. The molecule has 2 aliphatic carbocycles.